The van der Waals surface area contributed by atoms with Crippen molar-refractivity contribution in [1.82, 2.24) is 19.6 Å². The van der Waals surface area contributed by atoms with Crippen molar-refractivity contribution in [2.24, 2.45) is 0 Å². The molecule has 1 amide bonds. The number of pyridine rings is 1. The summed E-state index contributed by atoms with van der Waals surface area (Å²) >= 11 is 6.26. The molecule has 3 aliphatic heterocycles. The Labute approximate surface area is 382 Å². The van der Waals surface area contributed by atoms with Gasteiger partial charge in [0.05, 0.1) is 27.6 Å². The maximum Gasteiger partial charge on any atom is 0.293 e. The molecule has 0 bridgehead atoms. The van der Waals surface area contributed by atoms with Crippen LogP contribution in [0, 0.1) is 10.1 Å². The number of nitrogens with zero attached hydrogens (tertiary/aromatic N) is 5. The predicted octanol–water partition coefficient (Wildman–Crippen LogP) is 8.63. The number of nitrogens with one attached hydrogen (secondary N) is 3. The first-order chi connectivity index (χ1) is 31.4. The quantitative estimate of drug-likeness (QED) is 0.0804. The third-order valence-corrected chi connectivity index (χ3v) is 14.5. The van der Waals surface area contributed by atoms with E-state index in [0.29, 0.717) is 29.4 Å². The number of allylic oxidation sites excluding steroid dienone is 1. The summed E-state index contributed by atoms with van der Waals surface area (Å²) in [6.45, 7) is 4.86. The number of amides is 1. The van der Waals surface area contributed by atoms with E-state index in [1.165, 1.54) is 48.5 Å². The first kappa shape index (κ1) is 44.5. The van der Waals surface area contributed by atoms with E-state index in [-0.39, 0.29) is 50.5 Å². The van der Waals surface area contributed by atoms with Crippen LogP contribution in [0.25, 0.3) is 16.6 Å². The molecule has 2 fully saturated rings. The van der Waals surface area contributed by atoms with Crippen molar-refractivity contribution in [3.8, 4) is 5.88 Å². The Morgan fingerprint density at radius 1 is 0.908 bits per heavy atom. The fourth-order valence-electron chi connectivity index (χ4n) is 9.30. The van der Waals surface area contributed by atoms with E-state index in [9.17, 15) is 23.3 Å². The molecular formula is C47H52ClFN8O7S. The van der Waals surface area contributed by atoms with Crippen LogP contribution < -0.4 is 24.6 Å². The van der Waals surface area contributed by atoms with Gasteiger partial charge in [0.2, 0.25) is 5.88 Å². The summed E-state index contributed by atoms with van der Waals surface area (Å²) in [5.74, 6) is -0.560. The van der Waals surface area contributed by atoms with Crippen LogP contribution in [0.15, 0.2) is 89.5 Å². The van der Waals surface area contributed by atoms with Crippen LogP contribution in [0.3, 0.4) is 0 Å². The Bertz CT molecular complexity index is 2720. The standard InChI is InChI=1S/C47H52ClFN8O7S/c48-35-9-7-32(8-10-35)38-6-4-2-1-3-5-34(38)30-54-19-21-55(22-20-54)36-11-13-39(41(28-36)56-23-26-64-46-43(56)27-33-15-18-50-44(33)52-46)45(58)53-65(61,62)37-12-14-40(42(29-37)57(59)60)51-31-47(49)16-24-63-25-17-47/h7-15,18,27-29,51H,1-6,16-17,19-26,30-31H2,(H,50,52)(H,53,58)/b38-34-. The van der Waals surface area contributed by atoms with E-state index >= 15 is 4.39 Å². The molecule has 4 aliphatic rings. The van der Waals surface area contributed by atoms with Gasteiger partial charge in [-0.1, -0.05) is 42.1 Å². The second kappa shape index (κ2) is 19.0. The monoisotopic (exact) mass is 926 g/mol. The second-order valence-corrected chi connectivity index (χ2v) is 19.3. The van der Waals surface area contributed by atoms with E-state index in [4.69, 9.17) is 21.1 Å². The van der Waals surface area contributed by atoms with Crippen LogP contribution in [-0.4, -0.2) is 105 Å². The minimum absolute atomic E-state index is 0.0433. The zero-order valence-electron chi connectivity index (χ0n) is 36.0. The summed E-state index contributed by atoms with van der Waals surface area (Å²) in [7, 11) is -4.64. The van der Waals surface area contributed by atoms with Gasteiger partial charge in [0, 0.05) is 93.7 Å². The lowest BCUT2D eigenvalue weighted by Crippen LogP contribution is -2.47. The summed E-state index contributed by atoms with van der Waals surface area (Å²) < 4.78 is 56.5. The fraction of sp³-hybridized carbons (Fsp3) is 0.404. The molecule has 5 heterocycles. The Morgan fingerprint density at radius 2 is 1.68 bits per heavy atom. The normalized spacial score (nSPS) is 19.5. The number of alkyl halides is 1. The maximum absolute atomic E-state index is 15.3. The SMILES string of the molecule is O=C(NS(=O)(=O)c1ccc(NCC2(F)CCOCC2)c([N+](=O)[O-])c1)c1ccc(N2CCN(C/C3=C(\c4ccc(Cl)cc4)CCCCCC3)CC2)cc1N1CCOc2nc3[nH]ccc3cc21. The highest BCUT2D eigenvalue weighted by Gasteiger charge is 2.34. The van der Waals surface area contributed by atoms with Gasteiger partial charge in [0.25, 0.3) is 21.6 Å². The van der Waals surface area contributed by atoms with Crippen LogP contribution in [0.1, 0.15) is 67.3 Å². The van der Waals surface area contributed by atoms with Gasteiger partial charge in [-0.2, -0.15) is 4.98 Å². The Kier molecular flexibility index (Phi) is 13.0. The molecule has 3 aromatic carbocycles. The number of piperazine rings is 1. The molecule has 342 valence electrons. The van der Waals surface area contributed by atoms with Gasteiger partial charge in [-0.25, -0.2) is 17.5 Å². The number of fused-ring (bicyclic) bond motifs is 2. The molecule has 2 aromatic heterocycles. The van der Waals surface area contributed by atoms with Gasteiger partial charge in [0.1, 0.15) is 29.3 Å². The Balaban J connectivity index is 0.976. The molecule has 1 aliphatic carbocycles. The number of aromatic amines is 1. The lowest BCUT2D eigenvalue weighted by molar-refractivity contribution is -0.384. The topological polar surface area (TPSA) is 175 Å². The number of aromatic nitrogens is 2. The molecule has 0 saturated carbocycles. The number of nitro benzene ring substituents is 1. The van der Waals surface area contributed by atoms with E-state index in [0.717, 1.165) is 73.8 Å². The van der Waals surface area contributed by atoms with Gasteiger partial charge in [-0.3, -0.25) is 19.8 Å². The molecule has 3 N–H and O–H groups in total. The molecule has 65 heavy (non-hydrogen) atoms. The van der Waals surface area contributed by atoms with Crippen LogP contribution in [0.5, 0.6) is 5.88 Å². The van der Waals surface area contributed by atoms with E-state index in [1.54, 1.807) is 12.3 Å². The number of H-pyrrole nitrogens is 1. The van der Waals surface area contributed by atoms with Crippen LogP contribution >= 0.6 is 11.6 Å². The van der Waals surface area contributed by atoms with Crippen molar-refractivity contribution < 1.29 is 32.0 Å². The third kappa shape index (κ3) is 9.93. The average Bonchev–Trinajstić information content (AvgIpc) is 3.76. The number of halogens is 2. The molecule has 0 atom stereocenters. The van der Waals surface area contributed by atoms with Crippen molar-refractivity contribution in [2.75, 3.05) is 80.8 Å². The number of carbonyl (C=O) groups excluding carboxylic acids is 1. The zero-order valence-corrected chi connectivity index (χ0v) is 37.6. The number of nitro groups is 1. The lowest BCUT2D eigenvalue weighted by atomic mass is 9.88. The number of anilines is 4. The number of hydrogen-bond donors (Lipinski definition) is 3. The van der Waals surface area contributed by atoms with Crippen LogP contribution in [0.2, 0.25) is 5.02 Å². The smallest absolute Gasteiger partial charge is 0.293 e. The Hall–Kier alpha value is -5.75. The molecule has 0 radical (unpaired) electrons. The number of carbonyl (C=O) groups is 1. The summed E-state index contributed by atoms with van der Waals surface area (Å²) in [4.78, 5) is 39.7. The highest BCUT2D eigenvalue weighted by molar-refractivity contribution is 7.90. The largest absolute Gasteiger partial charge is 0.474 e. The highest BCUT2D eigenvalue weighted by atomic mass is 35.5. The minimum atomic E-state index is -4.64. The number of sulfonamides is 1. The predicted molar refractivity (Wildman–Crippen MR) is 250 cm³/mol. The lowest BCUT2D eigenvalue weighted by Gasteiger charge is -2.38. The average molecular weight is 927 g/mol. The van der Waals surface area contributed by atoms with Gasteiger partial charge in [-0.15, -0.1) is 0 Å². The molecule has 2 saturated heterocycles. The Morgan fingerprint density at radius 3 is 2.45 bits per heavy atom. The maximum atomic E-state index is 15.3. The van der Waals surface area contributed by atoms with E-state index in [1.807, 2.05) is 41.3 Å². The van der Waals surface area contributed by atoms with Crippen LogP contribution in [-0.2, 0) is 14.8 Å². The molecule has 15 nitrogen and oxygen atoms in total. The summed E-state index contributed by atoms with van der Waals surface area (Å²) in [5, 5.41) is 16.5. The van der Waals surface area contributed by atoms with Crippen molar-refractivity contribution in [2.45, 2.75) is 61.9 Å². The molecule has 0 spiro atoms. The summed E-state index contributed by atoms with van der Waals surface area (Å²) in [6.07, 6.45) is 8.98. The number of ether oxygens (including phenoxy) is 2. The number of rotatable bonds is 12. The van der Waals surface area contributed by atoms with E-state index < -0.39 is 37.1 Å². The van der Waals surface area contributed by atoms with Gasteiger partial charge in [-0.05, 0) is 91.4 Å². The van der Waals surface area contributed by atoms with Gasteiger partial charge < -0.3 is 29.6 Å². The summed E-state index contributed by atoms with van der Waals surface area (Å²) in [5.41, 5.74) is 4.56. The zero-order chi connectivity index (χ0) is 45.1. The fourth-order valence-corrected chi connectivity index (χ4v) is 10.4. The molecular weight excluding hydrogens is 875 g/mol. The first-order valence-electron chi connectivity index (χ1n) is 22.3. The second-order valence-electron chi connectivity index (χ2n) is 17.2. The third-order valence-electron chi connectivity index (χ3n) is 13.0. The van der Waals surface area contributed by atoms with Gasteiger partial charge in [0.15, 0.2) is 0 Å². The number of benzene rings is 3. The molecule has 0 unspecified atom stereocenters. The van der Waals surface area contributed by atoms with E-state index in [2.05, 4.69) is 41.9 Å². The van der Waals surface area contributed by atoms with Gasteiger partial charge >= 0.3 is 0 Å². The molecule has 9 rings (SSSR count). The van der Waals surface area contributed by atoms with Crippen LogP contribution in [0.4, 0.5) is 32.8 Å². The minimum Gasteiger partial charge on any atom is -0.474 e. The van der Waals surface area contributed by atoms with Crippen molar-refractivity contribution in [3.63, 3.8) is 0 Å². The van der Waals surface area contributed by atoms with Crippen molar-refractivity contribution in [3.05, 3.63) is 111 Å². The molecule has 18 heteroatoms. The van der Waals surface area contributed by atoms with Crippen molar-refractivity contribution >= 4 is 72.6 Å². The summed E-state index contributed by atoms with van der Waals surface area (Å²) in [6, 6.07) is 20.6. The number of hydrogen-bond acceptors (Lipinski definition) is 12. The van der Waals surface area contributed by atoms with Crippen molar-refractivity contribution in [1.29, 1.82) is 0 Å². The first-order valence-corrected chi connectivity index (χ1v) is 24.1. The molecule has 5 aromatic rings. The highest BCUT2D eigenvalue weighted by Crippen LogP contribution is 2.41.